The van der Waals surface area contributed by atoms with E-state index in [0.717, 1.165) is 0 Å². The predicted molar refractivity (Wildman–Crippen MR) is 85.9 cm³/mol. The van der Waals surface area contributed by atoms with Crippen LogP contribution in [0, 0.1) is 6.92 Å². The summed E-state index contributed by atoms with van der Waals surface area (Å²) in [4.78, 5) is 2.93. The highest BCUT2D eigenvalue weighted by molar-refractivity contribution is 8.22. The van der Waals surface area contributed by atoms with Crippen LogP contribution in [-0.4, -0.2) is 22.1 Å². The number of thiocarbonyl (C=S) groups is 1. The Balaban J connectivity index is 2.35. The molecule has 0 radical (unpaired) electrons. The normalized spacial score (nSPS) is 11.9. The van der Waals surface area contributed by atoms with Gasteiger partial charge in [-0.1, -0.05) is 12.2 Å². The first kappa shape index (κ1) is 16.2. The van der Waals surface area contributed by atoms with Gasteiger partial charge in [-0.25, -0.2) is 0 Å². The Morgan fingerprint density at radius 1 is 1.38 bits per heavy atom. The monoisotopic (exact) mass is 332 g/mol. The second kappa shape index (κ2) is 6.27. The Morgan fingerprint density at radius 2 is 2.10 bits per heavy atom. The Bertz CT molecular complexity index is 662. The molecule has 114 valence electrons. The highest BCUT2D eigenvalue weighted by Gasteiger charge is 2.34. The maximum absolute atomic E-state index is 13.2. The van der Waals surface area contributed by atoms with Gasteiger partial charge in [-0.15, -0.1) is 11.8 Å². The van der Waals surface area contributed by atoms with Crippen molar-refractivity contribution in [2.75, 3.05) is 12.8 Å². The number of halogens is 3. The zero-order valence-corrected chi connectivity index (χ0v) is 13.2. The summed E-state index contributed by atoms with van der Waals surface area (Å²) >= 11 is 6.42. The molecule has 2 aromatic rings. The first-order valence-electron chi connectivity index (χ1n) is 6.32. The summed E-state index contributed by atoms with van der Waals surface area (Å²) in [6, 6.07) is 2.92. The van der Waals surface area contributed by atoms with Crippen molar-refractivity contribution >= 4 is 39.2 Å². The van der Waals surface area contributed by atoms with E-state index < -0.39 is 11.7 Å². The number of aryl methyl sites for hydroxylation is 1. The number of nitrogens with one attached hydrogen (secondary N) is 2. The standard InChI is InChI=1S/C14H15F3N2S2/c1-8-5-10(14(15,16)17)12-9(7-19-11(12)6-8)3-4-18-13(20)21-2/h5-7,19H,3-4H2,1-2H3,(H,18,20). The number of rotatable bonds is 3. The summed E-state index contributed by atoms with van der Waals surface area (Å²) in [6.45, 7) is 2.17. The van der Waals surface area contributed by atoms with E-state index in [4.69, 9.17) is 12.2 Å². The number of aromatic amines is 1. The largest absolute Gasteiger partial charge is 0.417 e. The SMILES string of the molecule is CSC(=S)NCCc1c[nH]c2cc(C)cc(C(F)(F)F)c12. The van der Waals surface area contributed by atoms with E-state index in [1.807, 2.05) is 6.26 Å². The molecule has 0 fully saturated rings. The average molecular weight is 332 g/mol. The smallest absolute Gasteiger partial charge is 0.371 e. The third-order valence-electron chi connectivity index (χ3n) is 3.16. The number of hydrogen-bond donors (Lipinski definition) is 2. The molecule has 21 heavy (non-hydrogen) atoms. The molecule has 0 unspecified atom stereocenters. The molecule has 2 nitrogen and oxygen atoms in total. The van der Waals surface area contributed by atoms with Crippen molar-refractivity contribution < 1.29 is 13.2 Å². The molecule has 0 aliphatic rings. The summed E-state index contributed by atoms with van der Waals surface area (Å²) in [5.41, 5.74) is 1.17. The van der Waals surface area contributed by atoms with Crippen LogP contribution in [0.5, 0.6) is 0 Å². The van der Waals surface area contributed by atoms with Gasteiger partial charge in [0.2, 0.25) is 0 Å². The molecular formula is C14H15F3N2S2. The summed E-state index contributed by atoms with van der Waals surface area (Å²) in [5.74, 6) is 0. The molecule has 2 N–H and O–H groups in total. The van der Waals surface area contributed by atoms with Gasteiger partial charge in [0, 0.05) is 23.6 Å². The lowest BCUT2D eigenvalue weighted by molar-refractivity contribution is -0.136. The first-order chi connectivity index (χ1) is 9.82. The van der Waals surface area contributed by atoms with Gasteiger partial charge in [0.25, 0.3) is 0 Å². The molecule has 0 amide bonds. The Kier molecular flexibility index (Phi) is 4.83. The van der Waals surface area contributed by atoms with Crippen LogP contribution in [0.25, 0.3) is 10.9 Å². The van der Waals surface area contributed by atoms with Crippen LogP contribution in [0.4, 0.5) is 13.2 Å². The fourth-order valence-electron chi connectivity index (χ4n) is 2.28. The van der Waals surface area contributed by atoms with E-state index in [1.54, 1.807) is 19.2 Å². The van der Waals surface area contributed by atoms with Gasteiger partial charge in [0.1, 0.15) is 4.32 Å². The van der Waals surface area contributed by atoms with Crippen molar-refractivity contribution in [3.8, 4) is 0 Å². The van der Waals surface area contributed by atoms with Crippen LogP contribution >= 0.6 is 24.0 Å². The highest BCUT2D eigenvalue weighted by Crippen LogP contribution is 2.37. The van der Waals surface area contributed by atoms with Crippen molar-refractivity contribution in [1.82, 2.24) is 10.3 Å². The molecule has 1 heterocycles. The zero-order chi connectivity index (χ0) is 15.6. The molecule has 0 aliphatic heterocycles. The molecule has 1 aromatic heterocycles. The van der Waals surface area contributed by atoms with Crippen molar-refractivity contribution in [1.29, 1.82) is 0 Å². The summed E-state index contributed by atoms with van der Waals surface area (Å²) < 4.78 is 40.3. The van der Waals surface area contributed by atoms with Gasteiger partial charge in [-0.3, -0.25) is 0 Å². The number of benzene rings is 1. The number of aromatic nitrogens is 1. The molecular weight excluding hydrogens is 317 g/mol. The van der Waals surface area contributed by atoms with Crippen LogP contribution in [-0.2, 0) is 12.6 Å². The zero-order valence-electron chi connectivity index (χ0n) is 11.6. The third kappa shape index (κ3) is 3.71. The van der Waals surface area contributed by atoms with E-state index in [1.165, 1.54) is 17.8 Å². The summed E-state index contributed by atoms with van der Waals surface area (Å²) in [5, 5.41) is 3.26. The molecule has 0 spiro atoms. The number of alkyl halides is 3. The average Bonchev–Trinajstić information content (AvgIpc) is 2.79. The molecule has 0 saturated carbocycles. The fourth-order valence-corrected chi connectivity index (χ4v) is 2.62. The molecule has 1 aromatic carbocycles. The van der Waals surface area contributed by atoms with Crippen molar-refractivity contribution in [2.45, 2.75) is 19.5 Å². The van der Waals surface area contributed by atoms with Crippen LogP contribution in [0.1, 0.15) is 16.7 Å². The van der Waals surface area contributed by atoms with Gasteiger partial charge >= 0.3 is 6.18 Å². The predicted octanol–water partition coefficient (Wildman–Crippen LogP) is 4.28. The van der Waals surface area contributed by atoms with E-state index in [0.29, 0.717) is 33.9 Å². The van der Waals surface area contributed by atoms with Gasteiger partial charge in [-0.05, 0) is 42.9 Å². The number of H-pyrrole nitrogens is 1. The van der Waals surface area contributed by atoms with Gasteiger partial charge in [0.05, 0.1) is 5.56 Å². The van der Waals surface area contributed by atoms with E-state index >= 15 is 0 Å². The first-order valence-corrected chi connectivity index (χ1v) is 7.96. The molecule has 0 saturated heterocycles. The molecule has 7 heteroatoms. The Hall–Kier alpha value is -1.21. The summed E-state index contributed by atoms with van der Waals surface area (Å²) in [7, 11) is 0. The second-order valence-corrected chi connectivity index (χ2v) is 6.20. The molecule has 2 rings (SSSR count). The maximum atomic E-state index is 13.2. The van der Waals surface area contributed by atoms with Crippen molar-refractivity contribution in [3.05, 3.63) is 35.0 Å². The van der Waals surface area contributed by atoms with E-state index in [-0.39, 0.29) is 5.39 Å². The van der Waals surface area contributed by atoms with Gasteiger partial charge < -0.3 is 10.3 Å². The van der Waals surface area contributed by atoms with Gasteiger partial charge in [-0.2, -0.15) is 13.2 Å². The minimum Gasteiger partial charge on any atom is -0.371 e. The minimum absolute atomic E-state index is 0.255. The van der Waals surface area contributed by atoms with Gasteiger partial charge in [0.15, 0.2) is 0 Å². The maximum Gasteiger partial charge on any atom is 0.417 e. The topological polar surface area (TPSA) is 27.8 Å². The lowest BCUT2D eigenvalue weighted by atomic mass is 10.0. The van der Waals surface area contributed by atoms with Crippen LogP contribution in [0.15, 0.2) is 18.3 Å². The molecule has 0 bridgehead atoms. The quantitative estimate of drug-likeness (QED) is 0.822. The van der Waals surface area contributed by atoms with Crippen molar-refractivity contribution in [3.63, 3.8) is 0 Å². The molecule has 0 aliphatic carbocycles. The second-order valence-electron chi connectivity index (χ2n) is 4.72. The van der Waals surface area contributed by atoms with E-state index in [9.17, 15) is 13.2 Å². The Morgan fingerprint density at radius 3 is 2.71 bits per heavy atom. The van der Waals surface area contributed by atoms with Crippen LogP contribution < -0.4 is 5.32 Å². The van der Waals surface area contributed by atoms with Crippen molar-refractivity contribution in [2.24, 2.45) is 0 Å². The number of hydrogen-bond acceptors (Lipinski definition) is 2. The lowest BCUT2D eigenvalue weighted by Crippen LogP contribution is -2.20. The third-order valence-corrected chi connectivity index (χ3v) is 4.32. The number of fused-ring (bicyclic) bond motifs is 1. The highest BCUT2D eigenvalue weighted by atomic mass is 32.2. The van der Waals surface area contributed by atoms with Crippen LogP contribution in [0.2, 0.25) is 0 Å². The lowest BCUT2D eigenvalue weighted by Gasteiger charge is -2.11. The summed E-state index contributed by atoms with van der Waals surface area (Å²) in [6.07, 6.45) is -0.384. The van der Waals surface area contributed by atoms with Crippen LogP contribution in [0.3, 0.4) is 0 Å². The fraction of sp³-hybridized carbons (Fsp3) is 0.357. The minimum atomic E-state index is -4.36. The van der Waals surface area contributed by atoms with E-state index in [2.05, 4.69) is 10.3 Å². The number of thioether (sulfide) groups is 1. The Labute approximate surface area is 130 Å². The molecule has 0 atom stereocenters.